The standard InChI is InChI=1S/C22H20F2N6O2/c1-28-20(31)14-8-9-25-11-16(14)27-22(28)29-10-4-7-17(29)19-26-15-6-3-2-5-13(15)21(32)30(19)12-18(23)24/h2-3,5-6,8-9,11,17-18H,4,7,10,12H2,1H3. The minimum atomic E-state index is -2.71. The molecule has 1 aromatic carbocycles. The monoisotopic (exact) mass is 438 g/mol. The van der Waals surface area contributed by atoms with E-state index >= 15 is 0 Å². The van der Waals surface area contributed by atoms with Gasteiger partial charge in [0.25, 0.3) is 17.5 Å². The van der Waals surface area contributed by atoms with E-state index in [1.165, 1.54) is 17.0 Å². The minimum absolute atomic E-state index is 0.227. The van der Waals surface area contributed by atoms with Crippen LogP contribution in [0.5, 0.6) is 0 Å². The van der Waals surface area contributed by atoms with E-state index in [4.69, 9.17) is 0 Å². The molecule has 4 heterocycles. The molecule has 1 fully saturated rings. The fourth-order valence-electron chi connectivity index (χ4n) is 4.40. The van der Waals surface area contributed by atoms with Crippen LogP contribution in [0.2, 0.25) is 0 Å². The van der Waals surface area contributed by atoms with E-state index in [2.05, 4.69) is 15.0 Å². The summed E-state index contributed by atoms with van der Waals surface area (Å²) in [6.45, 7) is -0.196. The van der Waals surface area contributed by atoms with E-state index in [0.29, 0.717) is 40.7 Å². The van der Waals surface area contributed by atoms with Gasteiger partial charge in [0, 0.05) is 19.8 Å². The smallest absolute Gasteiger partial charge is 0.262 e. The van der Waals surface area contributed by atoms with E-state index in [9.17, 15) is 18.4 Å². The molecule has 1 unspecified atom stereocenters. The van der Waals surface area contributed by atoms with Gasteiger partial charge in [0.05, 0.1) is 40.6 Å². The third-order valence-corrected chi connectivity index (χ3v) is 5.88. The van der Waals surface area contributed by atoms with Crippen LogP contribution in [0, 0.1) is 0 Å². The van der Waals surface area contributed by atoms with Gasteiger partial charge < -0.3 is 4.90 Å². The number of alkyl halides is 2. The number of rotatable bonds is 4. The second-order valence-corrected chi connectivity index (χ2v) is 7.81. The Hall–Kier alpha value is -3.69. The summed E-state index contributed by atoms with van der Waals surface area (Å²) in [7, 11) is 1.62. The third-order valence-electron chi connectivity index (χ3n) is 5.88. The number of anilines is 1. The van der Waals surface area contributed by atoms with Gasteiger partial charge in [0.1, 0.15) is 5.82 Å². The summed E-state index contributed by atoms with van der Waals surface area (Å²) in [4.78, 5) is 41.1. The first kappa shape index (κ1) is 20.2. The van der Waals surface area contributed by atoms with Crippen LogP contribution in [0.3, 0.4) is 0 Å². The molecular formula is C22H20F2N6O2. The van der Waals surface area contributed by atoms with Gasteiger partial charge in [-0.05, 0) is 31.0 Å². The molecule has 4 aromatic rings. The number of pyridine rings is 1. The van der Waals surface area contributed by atoms with Gasteiger partial charge in [-0.2, -0.15) is 0 Å². The predicted octanol–water partition coefficient (Wildman–Crippen LogP) is 2.65. The van der Waals surface area contributed by atoms with Crippen LogP contribution in [0.1, 0.15) is 24.7 Å². The lowest BCUT2D eigenvalue weighted by Crippen LogP contribution is -2.36. The van der Waals surface area contributed by atoms with Gasteiger partial charge in [-0.15, -0.1) is 0 Å². The van der Waals surface area contributed by atoms with Gasteiger partial charge >= 0.3 is 0 Å². The number of fused-ring (bicyclic) bond motifs is 2. The first-order valence-corrected chi connectivity index (χ1v) is 10.3. The zero-order valence-electron chi connectivity index (χ0n) is 17.3. The lowest BCUT2D eigenvalue weighted by molar-refractivity contribution is 0.123. The molecule has 1 aliphatic heterocycles. The zero-order valence-corrected chi connectivity index (χ0v) is 17.3. The van der Waals surface area contributed by atoms with Crippen LogP contribution in [-0.2, 0) is 13.6 Å². The number of nitrogens with zero attached hydrogens (tertiary/aromatic N) is 6. The second kappa shape index (κ2) is 7.77. The summed E-state index contributed by atoms with van der Waals surface area (Å²) in [5.41, 5.74) is 0.180. The Morgan fingerprint density at radius 3 is 2.66 bits per heavy atom. The molecule has 0 N–H and O–H groups in total. The predicted molar refractivity (Wildman–Crippen MR) is 116 cm³/mol. The highest BCUT2D eigenvalue weighted by molar-refractivity contribution is 5.78. The van der Waals surface area contributed by atoms with Crippen molar-refractivity contribution in [1.29, 1.82) is 0 Å². The van der Waals surface area contributed by atoms with Crippen LogP contribution in [0.15, 0.2) is 52.3 Å². The van der Waals surface area contributed by atoms with Crippen LogP contribution >= 0.6 is 0 Å². The summed E-state index contributed by atoms with van der Waals surface area (Å²) in [6, 6.07) is 7.86. The number of aromatic nitrogens is 5. The Balaban J connectivity index is 1.70. The fraction of sp³-hybridized carbons (Fsp3) is 0.318. The molecule has 1 saturated heterocycles. The largest absolute Gasteiger partial charge is 0.332 e. The number of benzene rings is 1. The van der Waals surface area contributed by atoms with Gasteiger partial charge in [-0.3, -0.25) is 23.7 Å². The molecule has 8 nitrogen and oxygen atoms in total. The van der Waals surface area contributed by atoms with E-state index in [-0.39, 0.29) is 11.4 Å². The van der Waals surface area contributed by atoms with Gasteiger partial charge in [-0.1, -0.05) is 12.1 Å². The highest BCUT2D eigenvalue weighted by atomic mass is 19.3. The van der Waals surface area contributed by atoms with Crippen LogP contribution in [0.25, 0.3) is 21.8 Å². The van der Waals surface area contributed by atoms with Crippen molar-refractivity contribution < 1.29 is 8.78 Å². The Morgan fingerprint density at radius 2 is 1.84 bits per heavy atom. The van der Waals surface area contributed by atoms with Crippen LogP contribution in [-0.4, -0.2) is 37.1 Å². The minimum Gasteiger partial charge on any atom is -0.332 e. The van der Waals surface area contributed by atoms with Crippen LogP contribution in [0.4, 0.5) is 14.7 Å². The van der Waals surface area contributed by atoms with Crippen molar-refractivity contribution in [2.75, 3.05) is 11.4 Å². The highest BCUT2D eigenvalue weighted by Gasteiger charge is 2.33. The lowest BCUT2D eigenvalue weighted by atomic mass is 10.1. The quantitative estimate of drug-likeness (QED) is 0.487. The number of para-hydroxylation sites is 1. The average Bonchev–Trinajstić information content (AvgIpc) is 3.27. The number of hydrogen-bond acceptors (Lipinski definition) is 6. The van der Waals surface area contributed by atoms with Crippen molar-refractivity contribution in [2.24, 2.45) is 7.05 Å². The molecule has 0 amide bonds. The Kier molecular flexibility index (Phi) is 4.91. The second-order valence-electron chi connectivity index (χ2n) is 7.81. The molecule has 0 saturated carbocycles. The molecule has 5 rings (SSSR count). The van der Waals surface area contributed by atoms with Crippen molar-refractivity contribution >= 4 is 27.8 Å². The molecule has 10 heteroatoms. The molecule has 164 valence electrons. The highest BCUT2D eigenvalue weighted by Crippen LogP contribution is 2.34. The normalized spacial score (nSPS) is 16.5. The maximum absolute atomic E-state index is 13.4. The van der Waals surface area contributed by atoms with Crippen LogP contribution < -0.4 is 16.0 Å². The topological polar surface area (TPSA) is 85.9 Å². The molecule has 3 aromatic heterocycles. The summed E-state index contributed by atoms with van der Waals surface area (Å²) in [6.07, 6.45) is 1.68. The number of halogens is 2. The van der Waals surface area contributed by atoms with Crippen molar-refractivity contribution in [3.05, 3.63) is 69.3 Å². The lowest BCUT2D eigenvalue weighted by Gasteiger charge is -2.28. The van der Waals surface area contributed by atoms with Crippen molar-refractivity contribution in [1.82, 2.24) is 24.1 Å². The first-order valence-electron chi connectivity index (χ1n) is 10.3. The SMILES string of the molecule is Cn1c(N2CCCC2c2nc3ccccc3c(=O)n2CC(F)F)nc2cnccc2c1=O. The molecule has 32 heavy (non-hydrogen) atoms. The van der Waals surface area contributed by atoms with E-state index in [1.54, 1.807) is 37.4 Å². The Labute approximate surface area is 180 Å². The molecule has 0 bridgehead atoms. The van der Waals surface area contributed by atoms with E-state index in [1.807, 2.05) is 4.90 Å². The average molecular weight is 438 g/mol. The van der Waals surface area contributed by atoms with Crippen molar-refractivity contribution in [2.45, 2.75) is 31.9 Å². The van der Waals surface area contributed by atoms with Gasteiger partial charge in [0.2, 0.25) is 5.95 Å². The Bertz CT molecular complexity index is 1450. The van der Waals surface area contributed by atoms with Gasteiger partial charge in [-0.25, -0.2) is 18.7 Å². The maximum Gasteiger partial charge on any atom is 0.262 e. The van der Waals surface area contributed by atoms with Crippen molar-refractivity contribution in [3.63, 3.8) is 0 Å². The molecule has 0 spiro atoms. The third kappa shape index (κ3) is 3.22. The fourth-order valence-corrected chi connectivity index (χ4v) is 4.40. The summed E-state index contributed by atoms with van der Waals surface area (Å²) < 4.78 is 29.3. The zero-order chi connectivity index (χ0) is 22.4. The van der Waals surface area contributed by atoms with E-state index < -0.39 is 24.6 Å². The Morgan fingerprint density at radius 1 is 1.06 bits per heavy atom. The maximum atomic E-state index is 13.4. The summed E-state index contributed by atoms with van der Waals surface area (Å²) in [5, 5.41) is 0.740. The first-order chi connectivity index (χ1) is 15.5. The van der Waals surface area contributed by atoms with E-state index in [0.717, 1.165) is 11.0 Å². The molecule has 0 aliphatic carbocycles. The molecule has 1 aliphatic rings. The van der Waals surface area contributed by atoms with Crippen molar-refractivity contribution in [3.8, 4) is 0 Å². The molecule has 1 atom stereocenters. The summed E-state index contributed by atoms with van der Waals surface area (Å²) in [5.74, 6) is 0.649. The molecule has 0 radical (unpaired) electrons. The molecular weight excluding hydrogens is 418 g/mol. The summed E-state index contributed by atoms with van der Waals surface area (Å²) >= 11 is 0. The van der Waals surface area contributed by atoms with Gasteiger partial charge in [0.15, 0.2) is 0 Å². The number of hydrogen-bond donors (Lipinski definition) is 0.